The van der Waals surface area contributed by atoms with Gasteiger partial charge in [-0.15, -0.1) is 10.2 Å². The number of alkyl halides is 5. The Bertz CT molecular complexity index is 1020. The molecule has 0 amide bonds. The molecule has 0 unspecified atom stereocenters. The molecule has 0 radical (unpaired) electrons. The topological polar surface area (TPSA) is 74.4 Å². The number of hydrogen-bond acceptors (Lipinski definition) is 6. The molecule has 3 aromatic rings. The van der Waals surface area contributed by atoms with E-state index in [1.54, 1.807) is 0 Å². The van der Waals surface area contributed by atoms with E-state index in [2.05, 4.69) is 29.8 Å². The van der Waals surface area contributed by atoms with Crippen LogP contribution >= 0.6 is 0 Å². The standard InChI is InChI=1S/C16H13F6N5O2/c1-3-28-16(21,22)14-25-24-12-5-4-11(26-27(12)14)9-6-10(17)13(23-7-9)29-8(2)15(18,19)20/h4-8H,3H2,1-2H3/t8-/m1/s1. The first-order valence-electron chi connectivity index (χ1n) is 8.17. The van der Waals surface area contributed by atoms with Gasteiger partial charge < -0.3 is 9.47 Å². The van der Waals surface area contributed by atoms with Crippen LogP contribution in [0.15, 0.2) is 24.4 Å². The molecular weight excluding hydrogens is 408 g/mol. The maximum Gasteiger partial charge on any atom is 0.425 e. The fourth-order valence-electron chi connectivity index (χ4n) is 2.26. The van der Waals surface area contributed by atoms with Crippen molar-refractivity contribution in [3.63, 3.8) is 0 Å². The normalized spacial score (nSPS) is 13.7. The first-order valence-corrected chi connectivity index (χ1v) is 8.17. The zero-order chi connectivity index (χ0) is 21.4. The number of rotatable bonds is 6. The number of ether oxygens (including phenoxy) is 2. The summed E-state index contributed by atoms with van der Waals surface area (Å²) >= 11 is 0. The van der Waals surface area contributed by atoms with Crippen LogP contribution in [0.1, 0.15) is 19.7 Å². The number of nitrogens with zero attached hydrogens (tertiary/aromatic N) is 5. The van der Waals surface area contributed by atoms with Gasteiger partial charge in [0.2, 0.25) is 0 Å². The second kappa shape index (κ2) is 7.46. The van der Waals surface area contributed by atoms with E-state index in [-0.39, 0.29) is 23.5 Å². The molecule has 3 aromatic heterocycles. The summed E-state index contributed by atoms with van der Waals surface area (Å²) in [6.07, 6.45) is -9.74. The number of halogens is 6. The Kier molecular flexibility index (Phi) is 5.34. The Morgan fingerprint density at radius 3 is 2.48 bits per heavy atom. The van der Waals surface area contributed by atoms with Crippen molar-refractivity contribution in [1.29, 1.82) is 0 Å². The molecule has 1 atom stereocenters. The summed E-state index contributed by atoms with van der Waals surface area (Å²) in [7, 11) is 0. The molecule has 13 heteroatoms. The predicted octanol–water partition coefficient (Wildman–Crippen LogP) is 3.74. The Morgan fingerprint density at radius 2 is 1.86 bits per heavy atom. The van der Waals surface area contributed by atoms with Gasteiger partial charge in [-0.1, -0.05) is 0 Å². The zero-order valence-corrected chi connectivity index (χ0v) is 14.9. The average molecular weight is 421 g/mol. The van der Waals surface area contributed by atoms with Crippen molar-refractivity contribution in [3.8, 4) is 17.1 Å². The van der Waals surface area contributed by atoms with Gasteiger partial charge >= 0.3 is 12.3 Å². The highest BCUT2D eigenvalue weighted by Crippen LogP contribution is 2.30. The number of fused-ring (bicyclic) bond motifs is 1. The van der Waals surface area contributed by atoms with Crippen LogP contribution in [0, 0.1) is 5.82 Å². The molecular formula is C16H13F6N5O2. The highest BCUT2D eigenvalue weighted by molar-refractivity contribution is 5.59. The molecule has 0 fully saturated rings. The van der Waals surface area contributed by atoms with Gasteiger partial charge in [-0.05, 0) is 32.0 Å². The van der Waals surface area contributed by atoms with Crippen LogP contribution in [-0.4, -0.2) is 43.7 Å². The van der Waals surface area contributed by atoms with Gasteiger partial charge in [0.15, 0.2) is 17.6 Å². The Morgan fingerprint density at radius 1 is 1.14 bits per heavy atom. The Balaban J connectivity index is 1.96. The van der Waals surface area contributed by atoms with Crippen molar-refractivity contribution in [1.82, 2.24) is 24.8 Å². The quantitative estimate of drug-likeness (QED) is 0.565. The molecule has 3 heterocycles. The van der Waals surface area contributed by atoms with E-state index in [1.165, 1.54) is 19.1 Å². The van der Waals surface area contributed by atoms with Crippen LogP contribution in [0.3, 0.4) is 0 Å². The number of pyridine rings is 1. The smallest absolute Gasteiger partial charge is 0.425 e. The van der Waals surface area contributed by atoms with E-state index in [4.69, 9.17) is 0 Å². The minimum Gasteiger partial charge on any atom is -0.463 e. The minimum atomic E-state index is -4.70. The van der Waals surface area contributed by atoms with E-state index in [0.717, 1.165) is 16.8 Å². The SMILES string of the molecule is CCOC(F)(F)c1nnc2ccc(-c3cnc(O[C@H](C)C(F)(F)F)c(F)c3)nn12. The molecule has 156 valence electrons. The maximum absolute atomic E-state index is 14.2. The fourth-order valence-corrected chi connectivity index (χ4v) is 2.26. The summed E-state index contributed by atoms with van der Waals surface area (Å²) in [5.41, 5.74) is -0.0148. The van der Waals surface area contributed by atoms with E-state index in [9.17, 15) is 26.3 Å². The Hall–Kier alpha value is -2.96. The zero-order valence-electron chi connectivity index (χ0n) is 14.9. The molecule has 0 saturated carbocycles. The van der Waals surface area contributed by atoms with Gasteiger partial charge in [0.05, 0.1) is 12.3 Å². The number of hydrogen-bond donors (Lipinski definition) is 0. The molecule has 7 nitrogen and oxygen atoms in total. The molecule has 0 aromatic carbocycles. The first kappa shape index (κ1) is 20.8. The first-order chi connectivity index (χ1) is 13.5. The monoisotopic (exact) mass is 421 g/mol. The summed E-state index contributed by atoms with van der Waals surface area (Å²) in [6, 6.07) is 3.46. The van der Waals surface area contributed by atoms with Gasteiger partial charge in [0.1, 0.15) is 0 Å². The molecule has 3 rings (SSSR count). The van der Waals surface area contributed by atoms with Gasteiger partial charge in [-0.2, -0.15) is 31.6 Å². The van der Waals surface area contributed by atoms with Crippen molar-refractivity contribution in [2.75, 3.05) is 6.61 Å². The third-order valence-corrected chi connectivity index (χ3v) is 3.70. The van der Waals surface area contributed by atoms with Crippen LogP contribution in [0.4, 0.5) is 26.3 Å². The summed E-state index contributed by atoms with van der Waals surface area (Å²) in [6.45, 7) is 1.78. The lowest BCUT2D eigenvalue weighted by molar-refractivity contribution is -0.252. The predicted molar refractivity (Wildman–Crippen MR) is 85.6 cm³/mol. The molecule has 0 saturated heterocycles. The van der Waals surface area contributed by atoms with Crippen molar-refractivity contribution in [3.05, 3.63) is 36.0 Å². The molecule has 0 spiro atoms. The third kappa shape index (κ3) is 4.23. The lowest BCUT2D eigenvalue weighted by Crippen LogP contribution is -2.31. The summed E-state index contributed by atoms with van der Waals surface area (Å²) < 4.78 is 89.4. The molecule has 0 bridgehead atoms. The second-order valence-electron chi connectivity index (χ2n) is 5.77. The minimum absolute atomic E-state index is 0.00679. The van der Waals surface area contributed by atoms with E-state index < -0.39 is 35.9 Å². The van der Waals surface area contributed by atoms with Crippen LogP contribution in [0.5, 0.6) is 5.88 Å². The van der Waals surface area contributed by atoms with Gasteiger partial charge in [-0.3, -0.25) is 0 Å². The third-order valence-electron chi connectivity index (χ3n) is 3.70. The van der Waals surface area contributed by atoms with Crippen LogP contribution < -0.4 is 4.74 Å². The van der Waals surface area contributed by atoms with Crippen LogP contribution in [0.25, 0.3) is 16.9 Å². The fraction of sp³-hybridized carbons (Fsp3) is 0.375. The highest BCUT2D eigenvalue weighted by atomic mass is 19.4. The van der Waals surface area contributed by atoms with E-state index >= 15 is 0 Å². The summed E-state index contributed by atoms with van der Waals surface area (Å²) in [4.78, 5) is 3.53. The maximum atomic E-state index is 14.2. The van der Waals surface area contributed by atoms with Crippen LogP contribution in [0.2, 0.25) is 0 Å². The lowest BCUT2D eigenvalue weighted by Gasteiger charge is -2.17. The molecule has 0 aliphatic carbocycles. The van der Waals surface area contributed by atoms with E-state index in [0.29, 0.717) is 6.92 Å². The van der Waals surface area contributed by atoms with Crippen LogP contribution in [-0.2, 0) is 10.8 Å². The van der Waals surface area contributed by atoms with E-state index in [1.807, 2.05) is 0 Å². The lowest BCUT2D eigenvalue weighted by atomic mass is 10.2. The van der Waals surface area contributed by atoms with Gasteiger partial charge in [-0.25, -0.2) is 9.37 Å². The molecule has 0 aliphatic rings. The van der Waals surface area contributed by atoms with Crippen molar-refractivity contribution >= 4 is 5.65 Å². The van der Waals surface area contributed by atoms with Crippen molar-refractivity contribution in [2.45, 2.75) is 32.2 Å². The number of aromatic nitrogens is 5. The van der Waals surface area contributed by atoms with Crippen molar-refractivity contribution in [2.24, 2.45) is 0 Å². The Labute approximate surface area is 159 Å². The van der Waals surface area contributed by atoms with Crippen molar-refractivity contribution < 1.29 is 35.8 Å². The molecule has 0 N–H and O–H groups in total. The molecule has 29 heavy (non-hydrogen) atoms. The second-order valence-corrected chi connectivity index (χ2v) is 5.77. The summed E-state index contributed by atoms with van der Waals surface area (Å²) in [5, 5.41) is 10.9. The summed E-state index contributed by atoms with van der Waals surface area (Å²) in [5.74, 6) is -2.92. The van der Waals surface area contributed by atoms with Gasteiger partial charge in [0.25, 0.3) is 11.7 Å². The average Bonchev–Trinajstić information content (AvgIpc) is 3.06. The molecule has 0 aliphatic heterocycles. The van der Waals surface area contributed by atoms with Gasteiger partial charge in [0, 0.05) is 11.8 Å². The highest BCUT2D eigenvalue weighted by Gasteiger charge is 2.40. The largest absolute Gasteiger partial charge is 0.463 e.